The third-order valence-electron chi connectivity index (χ3n) is 5.93. The van der Waals surface area contributed by atoms with Gasteiger partial charge >= 0.3 is 0 Å². The van der Waals surface area contributed by atoms with Crippen LogP contribution in [0.15, 0.2) is 36.1 Å². The summed E-state index contributed by atoms with van der Waals surface area (Å²) < 4.78 is 14.1. The molecule has 0 saturated heterocycles. The van der Waals surface area contributed by atoms with Crippen molar-refractivity contribution in [1.82, 2.24) is 9.97 Å². The van der Waals surface area contributed by atoms with Crippen molar-refractivity contribution in [2.75, 3.05) is 6.67 Å². The Labute approximate surface area is 172 Å². The molecule has 3 heteroatoms. The highest BCUT2D eigenvalue weighted by atomic mass is 19.1. The van der Waals surface area contributed by atoms with E-state index in [2.05, 4.69) is 73.0 Å². The third-order valence-corrected chi connectivity index (χ3v) is 5.93. The normalized spacial score (nSPS) is 16.0. The minimum atomic E-state index is -0.507. The van der Waals surface area contributed by atoms with Crippen LogP contribution in [-0.2, 0) is 10.8 Å². The van der Waals surface area contributed by atoms with Gasteiger partial charge in [-0.2, -0.15) is 0 Å². The second kappa shape index (κ2) is 8.47. The van der Waals surface area contributed by atoms with Crippen molar-refractivity contribution in [1.29, 1.82) is 0 Å². The molecule has 0 aliphatic rings. The molecular weight excluding hydrogens is 347 g/mol. The van der Waals surface area contributed by atoms with Gasteiger partial charge in [0.25, 0.3) is 0 Å². The van der Waals surface area contributed by atoms with Gasteiger partial charge in [0.1, 0.15) is 5.82 Å². The zero-order valence-electron chi connectivity index (χ0n) is 19.8. The number of aromatic nitrogens is 2. The first kappa shape index (κ1) is 24.5. The zero-order valence-corrected chi connectivity index (χ0v) is 19.8. The van der Waals surface area contributed by atoms with E-state index in [-0.39, 0.29) is 22.9 Å². The van der Waals surface area contributed by atoms with Gasteiger partial charge in [-0.1, -0.05) is 80.5 Å². The van der Waals surface area contributed by atoms with E-state index >= 15 is 0 Å². The lowest BCUT2D eigenvalue weighted by Gasteiger charge is -2.33. The molecule has 0 saturated carbocycles. The highest BCUT2D eigenvalue weighted by Gasteiger charge is 2.33. The maximum Gasteiger partial charge on any atom is 0.134 e. The minimum absolute atomic E-state index is 0.0149. The van der Waals surface area contributed by atoms with Crippen molar-refractivity contribution in [3.8, 4) is 0 Å². The molecule has 0 bridgehead atoms. The van der Waals surface area contributed by atoms with Crippen LogP contribution in [0, 0.1) is 10.8 Å². The molecule has 1 heterocycles. The first-order valence-electron chi connectivity index (χ1n) is 10.3. The van der Waals surface area contributed by atoms with Crippen molar-refractivity contribution in [3.63, 3.8) is 0 Å². The SMILES string of the molecule is C=C(C=C(C)C(C)(CF)CCC(C)(C)c1nccc(C(C)(C)C)n1)C(C)(C)C. The Hall–Kier alpha value is -1.51. The molecule has 0 aliphatic heterocycles. The Kier molecular flexibility index (Phi) is 7.42. The summed E-state index contributed by atoms with van der Waals surface area (Å²) in [5, 5.41) is 0. The van der Waals surface area contributed by atoms with Crippen LogP contribution in [-0.4, -0.2) is 16.6 Å². The standard InChI is InChI=1S/C25H41FN2/c1-18(22(3,4)5)16-19(2)25(11,17-26)14-13-24(9,10)21-27-15-12-20(28-21)23(6,7)8/h12,15-16H,1,13-14,17H2,2-11H3. The first-order chi connectivity index (χ1) is 12.5. The molecule has 28 heavy (non-hydrogen) atoms. The molecule has 1 unspecified atom stereocenters. The molecule has 1 atom stereocenters. The van der Waals surface area contributed by atoms with Gasteiger partial charge in [0, 0.05) is 28.1 Å². The molecule has 1 rings (SSSR count). The molecule has 0 amide bonds. The quantitative estimate of drug-likeness (QED) is 0.456. The summed E-state index contributed by atoms with van der Waals surface area (Å²) in [7, 11) is 0. The first-order valence-corrected chi connectivity index (χ1v) is 10.3. The zero-order chi connectivity index (χ0) is 22.0. The average molecular weight is 389 g/mol. The molecule has 0 aliphatic carbocycles. The van der Waals surface area contributed by atoms with Crippen molar-refractivity contribution >= 4 is 0 Å². The summed E-state index contributed by atoms with van der Waals surface area (Å²) in [4.78, 5) is 9.38. The molecule has 2 nitrogen and oxygen atoms in total. The van der Waals surface area contributed by atoms with Crippen LogP contribution in [0.3, 0.4) is 0 Å². The lowest BCUT2D eigenvalue weighted by molar-refractivity contribution is 0.233. The summed E-state index contributed by atoms with van der Waals surface area (Å²) in [6.07, 6.45) is 5.47. The molecule has 158 valence electrons. The number of rotatable bonds is 7. The van der Waals surface area contributed by atoms with Crippen molar-refractivity contribution in [3.05, 3.63) is 47.6 Å². The smallest absolute Gasteiger partial charge is 0.134 e. The van der Waals surface area contributed by atoms with E-state index in [1.165, 1.54) is 0 Å². The van der Waals surface area contributed by atoms with Crippen molar-refractivity contribution < 1.29 is 4.39 Å². The van der Waals surface area contributed by atoms with E-state index in [1.54, 1.807) is 0 Å². The number of halogens is 1. The van der Waals surface area contributed by atoms with E-state index in [4.69, 9.17) is 4.98 Å². The van der Waals surface area contributed by atoms with Crippen LogP contribution in [0.25, 0.3) is 0 Å². The number of alkyl halides is 1. The van der Waals surface area contributed by atoms with Crippen molar-refractivity contribution in [2.45, 2.75) is 92.9 Å². The van der Waals surface area contributed by atoms with Crippen LogP contribution in [0.4, 0.5) is 4.39 Å². The predicted molar refractivity (Wildman–Crippen MR) is 119 cm³/mol. The molecule has 0 aromatic carbocycles. The van der Waals surface area contributed by atoms with Gasteiger partial charge < -0.3 is 0 Å². The largest absolute Gasteiger partial charge is 0.250 e. The average Bonchev–Trinajstić information content (AvgIpc) is 2.58. The Morgan fingerprint density at radius 2 is 1.61 bits per heavy atom. The summed E-state index contributed by atoms with van der Waals surface area (Å²) in [6.45, 7) is 25.0. The minimum Gasteiger partial charge on any atom is -0.250 e. The van der Waals surface area contributed by atoms with Crippen LogP contribution in [0.1, 0.15) is 93.6 Å². The van der Waals surface area contributed by atoms with Crippen LogP contribution in [0.5, 0.6) is 0 Å². The maximum atomic E-state index is 14.1. The Balaban J connectivity index is 3.06. The van der Waals surface area contributed by atoms with Crippen LogP contribution >= 0.6 is 0 Å². The second-order valence-corrected chi connectivity index (χ2v) is 11.2. The monoisotopic (exact) mass is 388 g/mol. The summed E-state index contributed by atoms with van der Waals surface area (Å²) >= 11 is 0. The van der Waals surface area contributed by atoms with Gasteiger partial charge in [-0.25, -0.2) is 9.97 Å². The van der Waals surface area contributed by atoms with E-state index in [9.17, 15) is 4.39 Å². The molecule has 0 N–H and O–H groups in total. The number of allylic oxidation sites excluding steroid dienone is 3. The fourth-order valence-electron chi connectivity index (χ4n) is 2.82. The fourth-order valence-corrected chi connectivity index (χ4v) is 2.82. The summed E-state index contributed by atoms with van der Waals surface area (Å²) in [5.74, 6) is 0.835. The maximum absolute atomic E-state index is 14.1. The van der Waals surface area contributed by atoms with Gasteiger partial charge in [0.15, 0.2) is 0 Å². The number of nitrogens with zero attached hydrogens (tertiary/aromatic N) is 2. The van der Waals surface area contributed by atoms with Gasteiger partial charge in [-0.05, 0) is 36.8 Å². The van der Waals surface area contributed by atoms with E-state index in [0.717, 1.165) is 35.5 Å². The predicted octanol–water partition coefficient (Wildman–Crippen LogP) is 7.36. The lowest BCUT2D eigenvalue weighted by Crippen LogP contribution is -2.28. The Bertz CT molecular complexity index is 717. The van der Waals surface area contributed by atoms with E-state index < -0.39 is 5.41 Å². The summed E-state index contributed by atoms with van der Waals surface area (Å²) in [6, 6.07) is 1.98. The molecule has 0 fully saturated rings. The molecule has 1 aromatic heterocycles. The molecular formula is C25H41FN2. The molecule has 0 radical (unpaired) electrons. The van der Waals surface area contributed by atoms with E-state index in [0.29, 0.717) is 0 Å². The highest BCUT2D eigenvalue weighted by Crippen LogP contribution is 2.39. The molecule has 1 aromatic rings. The second-order valence-electron chi connectivity index (χ2n) is 11.2. The van der Waals surface area contributed by atoms with Gasteiger partial charge in [-0.3, -0.25) is 4.39 Å². The Morgan fingerprint density at radius 1 is 1.04 bits per heavy atom. The Morgan fingerprint density at radius 3 is 2.07 bits per heavy atom. The van der Waals surface area contributed by atoms with Crippen LogP contribution < -0.4 is 0 Å². The summed E-state index contributed by atoms with van der Waals surface area (Å²) in [5.41, 5.74) is 2.36. The number of hydrogen-bond acceptors (Lipinski definition) is 2. The van der Waals surface area contributed by atoms with Crippen molar-refractivity contribution in [2.24, 2.45) is 10.8 Å². The lowest BCUT2D eigenvalue weighted by atomic mass is 9.73. The number of hydrogen-bond donors (Lipinski definition) is 0. The fraction of sp³-hybridized carbons (Fsp3) is 0.680. The highest BCUT2D eigenvalue weighted by molar-refractivity contribution is 5.28. The van der Waals surface area contributed by atoms with Gasteiger partial charge in [0.05, 0.1) is 6.67 Å². The van der Waals surface area contributed by atoms with Crippen LogP contribution in [0.2, 0.25) is 0 Å². The van der Waals surface area contributed by atoms with Gasteiger partial charge in [0.2, 0.25) is 0 Å². The molecule has 0 spiro atoms. The van der Waals surface area contributed by atoms with Gasteiger partial charge in [-0.15, -0.1) is 0 Å². The third kappa shape index (κ3) is 6.25. The van der Waals surface area contributed by atoms with E-state index in [1.807, 2.05) is 26.1 Å². The topological polar surface area (TPSA) is 25.8 Å².